The Kier molecular flexibility index (Phi) is 8.63. The second-order valence-electron chi connectivity index (χ2n) is 8.37. The number of hydrogen-bond donors (Lipinski definition) is 0. The first-order valence-corrected chi connectivity index (χ1v) is 9.79. The predicted octanol–water partition coefficient (Wildman–Crippen LogP) is 7.10. The zero-order chi connectivity index (χ0) is 17.1. The molecule has 0 saturated heterocycles. The summed E-state index contributed by atoms with van der Waals surface area (Å²) in [6.07, 6.45) is 3.65. The van der Waals surface area contributed by atoms with Gasteiger partial charge in [0.2, 0.25) is 0 Å². The summed E-state index contributed by atoms with van der Waals surface area (Å²) in [4.78, 5) is 2.53. The molecule has 0 spiro atoms. The Bertz CT molecular complexity index is 818. The maximum atomic E-state index is 5.10. The monoisotopic (exact) mass is 424 g/mol. The number of anilines is 1. The molecular formula is C26H36N2Ti. The Morgan fingerprint density at radius 3 is 2.34 bits per heavy atom. The maximum Gasteiger partial charge on any atom is 4.00 e. The zero-order valence-electron chi connectivity index (χ0n) is 18.9. The summed E-state index contributed by atoms with van der Waals surface area (Å²) in [5.41, 5.74) is 7.28. The molecule has 5 atom stereocenters. The molecule has 1 aliphatic carbocycles. The van der Waals surface area contributed by atoms with Crippen LogP contribution in [0, 0.1) is 28.2 Å². The van der Waals surface area contributed by atoms with Gasteiger partial charge in [0.1, 0.15) is 0 Å². The molecule has 1 fully saturated rings. The molecule has 2 aliphatic heterocycles. The Hall–Kier alpha value is -1.25. The Balaban J connectivity index is 0.00000105. The molecule has 2 aromatic carbocycles. The SMILES string of the molecule is CC1CCc2cccc(C3C(C)CC4C3c3ccccc3N4C)c2[N-]1.[CH3-].[CH3-].[CH3-].[Ti+4]. The van der Waals surface area contributed by atoms with Gasteiger partial charge in [-0.15, -0.1) is 11.7 Å². The van der Waals surface area contributed by atoms with E-state index in [9.17, 15) is 0 Å². The van der Waals surface area contributed by atoms with Crippen molar-refractivity contribution in [1.29, 1.82) is 0 Å². The fourth-order valence-corrected chi connectivity index (χ4v) is 5.73. The van der Waals surface area contributed by atoms with E-state index in [1.807, 2.05) is 0 Å². The molecular weight excluding hydrogens is 388 g/mol. The molecule has 3 heteroatoms. The van der Waals surface area contributed by atoms with Crippen LogP contribution in [0.1, 0.15) is 55.2 Å². The first-order valence-electron chi connectivity index (χ1n) is 9.79. The van der Waals surface area contributed by atoms with Gasteiger partial charge in [-0.05, 0) is 36.3 Å². The van der Waals surface area contributed by atoms with Crippen LogP contribution >= 0.6 is 0 Å². The van der Waals surface area contributed by atoms with E-state index < -0.39 is 0 Å². The van der Waals surface area contributed by atoms with Crippen LogP contribution in [-0.2, 0) is 28.1 Å². The average Bonchev–Trinajstić information content (AvgIpc) is 3.09. The van der Waals surface area contributed by atoms with Gasteiger partial charge < -0.3 is 32.5 Å². The topological polar surface area (TPSA) is 17.3 Å². The summed E-state index contributed by atoms with van der Waals surface area (Å²) >= 11 is 0. The van der Waals surface area contributed by atoms with E-state index in [1.165, 1.54) is 41.8 Å². The molecule has 2 nitrogen and oxygen atoms in total. The molecule has 0 amide bonds. The smallest absolute Gasteiger partial charge is 0.681 e. The number of aryl methyl sites for hydroxylation is 1. The number of benzene rings is 2. The van der Waals surface area contributed by atoms with Gasteiger partial charge in [-0.2, -0.15) is 0 Å². The van der Waals surface area contributed by atoms with Crippen molar-refractivity contribution in [2.45, 2.75) is 57.0 Å². The van der Waals surface area contributed by atoms with Crippen LogP contribution < -0.4 is 4.90 Å². The van der Waals surface area contributed by atoms with Gasteiger partial charge in [-0.25, -0.2) is 0 Å². The number of fused-ring (bicyclic) bond motifs is 4. The van der Waals surface area contributed by atoms with Crippen molar-refractivity contribution in [2.75, 3.05) is 11.9 Å². The van der Waals surface area contributed by atoms with E-state index in [1.54, 1.807) is 5.56 Å². The maximum absolute atomic E-state index is 5.10. The molecule has 5 unspecified atom stereocenters. The Morgan fingerprint density at radius 1 is 0.897 bits per heavy atom. The van der Waals surface area contributed by atoms with E-state index in [0.717, 1.165) is 0 Å². The van der Waals surface area contributed by atoms with Crippen molar-refractivity contribution in [1.82, 2.24) is 0 Å². The number of nitrogens with zero attached hydrogens (tertiary/aromatic N) is 2. The van der Waals surface area contributed by atoms with E-state index in [-0.39, 0.29) is 44.0 Å². The van der Waals surface area contributed by atoms with Crippen LogP contribution in [0.4, 0.5) is 11.4 Å². The van der Waals surface area contributed by atoms with Crippen molar-refractivity contribution < 1.29 is 21.7 Å². The molecule has 0 N–H and O–H groups in total. The zero-order valence-corrected chi connectivity index (χ0v) is 20.5. The van der Waals surface area contributed by atoms with Crippen molar-refractivity contribution in [3.05, 3.63) is 86.8 Å². The Labute approximate surface area is 194 Å². The summed E-state index contributed by atoms with van der Waals surface area (Å²) in [7, 11) is 2.28. The normalized spacial score (nSPS) is 28.2. The molecule has 0 aromatic heterocycles. The number of hydrogen-bond acceptors (Lipinski definition) is 1. The van der Waals surface area contributed by atoms with Crippen LogP contribution in [0.25, 0.3) is 5.32 Å². The van der Waals surface area contributed by atoms with Crippen molar-refractivity contribution in [3.8, 4) is 0 Å². The van der Waals surface area contributed by atoms with Gasteiger partial charge in [-0.1, -0.05) is 67.8 Å². The molecule has 0 bridgehead atoms. The van der Waals surface area contributed by atoms with Crippen LogP contribution in [0.5, 0.6) is 0 Å². The van der Waals surface area contributed by atoms with Crippen LogP contribution in [0.2, 0.25) is 0 Å². The largest absolute Gasteiger partial charge is 4.00 e. The van der Waals surface area contributed by atoms with E-state index in [4.69, 9.17) is 5.32 Å². The first-order chi connectivity index (χ1) is 12.1. The molecule has 29 heavy (non-hydrogen) atoms. The predicted molar refractivity (Wildman–Crippen MR) is 124 cm³/mol. The summed E-state index contributed by atoms with van der Waals surface area (Å²) in [5, 5.41) is 5.10. The van der Waals surface area contributed by atoms with Gasteiger partial charge in [0, 0.05) is 24.7 Å². The molecule has 0 radical (unpaired) electrons. The molecule has 5 rings (SSSR count). The van der Waals surface area contributed by atoms with Gasteiger partial charge in [0.15, 0.2) is 0 Å². The summed E-state index contributed by atoms with van der Waals surface area (Å²) < 4.78 is 0. The van der Waals surface area contributed by atoms with E-state index in [0.29, 0.717) is 29.8 Å². The minimum atomic E-state index is 0. The second kappa shape index (κ2) is 9.71. The van der Waals surface area contributed by atoms with E-state index >= 15 is 0 Å². The van der Waals surface area contributed by atoms with Crippen LogP contribution in [-0.4, -0.2) is 19.1 Å². The van der Waals surface area contributed by atoms with Gasteiger partial charge >= 0.3 is 21.7 Å². The van der Waals surface area contributed by atoms with Gasteiger partial charge in [-0.3, -0.25) is 0 Å². The molecule has 1 saturated carbocycles. The van der Waals surface area contributed by atoms with Gasteiger partial charge in [0.25, 0.3) is 0 Å². The first kappa shape index (κ1) is 25.8. The summed E-state index contributed by atoms with van der Waals surface area (Å²) in [6, 6.07) is 17.1. The summed E-state index contributed by atoms with van der Waals surface area (Å²) in [6.45, 7) is 4.71. The third kappa shape index (κ3) is 3.91. The number of rotatable bonds is 1. The number of para-hydroxylation sites is 2. The minimum Gasteiger partial charge on any atom is -0.681 e. The van der Waals surface area contributed by atoms with Crippen molar-refractivity contribution in [2.24, 2.45) is 5.92 Å². The van der Waals surface area contributed by atoms with Gasteiger partial charge in [0.05, 0.1) is 0 Å². The quantitative estimate of drug-likeness (QED) is 0.353. The second-order valence-corrected chi connectivity index (χ2v) is 8.37. The fourth-order valence-electron chi connectivity index (χ4n) is 5.73. The van der Waals surface area contributed by atoms with E-state index in [2.05, 4.69) is 68.3 Å². The molecule has 154 valence electrons. The number of likely N-dealkylation sites (N-methyl/N-ethyl adjacent to an activating group) is 1. The third-order valence-corrected chi connectivity index (χ3v) is 6.89. The average molecular weight is 424 g/mol. The molecule has 2 heterocycles. The summed E-state index contributed by atoms with van der Waals surface area (Å²) in [5.74, 6) is 1.89. The fraction of sp³-hybridized carbons (Fsp3) is 0.423. The molecule has 3 aliphatic rings. The van der Waals surface area contributed by atoms with Crippen molar-refractivity contribution in [3.63, 3.8) is 0 Å². The third-order valence-electron chi connectivity index (χ3n) is 6.89. The standard InChI is InChI=1S/C23H27N2.3CH3.Ti/c1-14-13-20-22(17-8-4-5-10-19(17)25(20)3)21(14)18-9-6-7-16-12-11-15(2)24-23(16)18;;;;/h4-10,14-15,20-22H,11-13H2,1-3H3;3*1H3;/q4*-1;+4. The Morgan fingerprint density at radius 2 is 1.59 bits per heavy atom. The minimum absolute atomic E-state index is 0. The van der Waals surface area contributed by atoms with Crippen LogP contribution in [0.15, 0.2) is 42.5 Å². The van der Waals surface area contributed by atoms with Crippen molar-refractivity contribution >= 4 is 11.4 Å². The molecule has 2 aromatic rings. The van der Waals surface area contributed by atoms with Crippen LogP contribution in [0.3, 0.4) is 0 Å².